The Morgan fingerprint density at radius 2 is 2.10 bits per heavy atom. The molecular formula is C16H31N3O. The van der Waals surface area contributed by atoms with Gasteiger partial charge in [-0.25, -0.2) is 0 Å². The maximum atomic E-state index is 11.9. The third-order valence-electron chi connectivity index (χ3n) is 4.55. The number of likely N-dealkylation sites (tertiary alicyclic amines) is 1. The van der Waals surface area contributed by atoms with Gasteiger partial charge in [-0.1, -0.05) is 13.3 Å². The first-order valence-corrected chi connectivity index (χ1v) is 8.46. The number of carbonyl (C=O) groups excluding carboxylic acids is 1. The summed E-state index contributed by atoms with van der Waals surface area (Å²) in [5.74, 6) is 0.788. The van der Waals surface area contributed by atoms with E-state index in [9.17, 15) is 4.79 Å². The van der Waals surface area contributed by atoms with E-state index in [1.807, 2.05) is 0 Å². The molecule has 0 radical (unpaired) electrons. The van der Waals surface area contributed by atoms with Gasteiger partial charge < -0.3 is 15.5 Å². The molecule has 0 aromatic rings. The van der Waals surface area contributed by atoms with Crippen LogP contribution in [0.1, 0.15) is 51.9 Å². The monoisotopic (exact) mass is 281 g/mol. The van der Waals surface area contributed by atoms with Crippen molar-refractivity contribution >= 4 is 5.91 Å². The molecule has 0 aliphatic carbocycles. The summed E-state index contributed by atoms with van der Waals surface area (Å²) in [6, 6.07) is 0.566. The minimum Gasteiger partial charge on any atom is -0.356 e. The molecule has 2 saturated heterocycles. The van der Waals surface area contributed by atoms with Crippen molar-refractivity contribution in [3.8, 4) is 0 Å². The summed E-state index contributed by atoms with van der Waals surface area (Å²) >= 11 is 0. The molecule has 0 bridgehead atoms. The standard InChI is InChI=1S/C16H31N3O/c1-14(13-19-10-4-5-11-19)12-18-16(20)8-7-15-6-2-3-9-17-15/h14-15,17H,2-13H2,1H3,(H,18,20). The molecule has 1 amide bonds. The van der Waals surface area contributed by atoms with Crippen LogP contribution in [0.5, 0.6) is 0 Å². The molecule has 2 N–H and O–H groups in total. The second-order valence-electron chi connectivity index (χ2n) is 6.60. The van der Waals surface area contributed by atoms with E-state index in [0.717, 1.165) is 26.1 Å². The molecule has 2 heterocycles. The number of nitrogens with zero attached hydrogens (tertiary/aromatic N) is 1. The van der Waals surface area contributed by atoms with Crippen LogP contribution in [0.2, 0.25) is 0 Å². The Morgan fingerprint density at radius 1 is 1.30 bits per heavy atom. The third kappa shape index (κ3) is 5.80. The number of amides is 1. The van der Waals surface area contributed by atoms with Crippen LogP contribution in [0.4, 0.5) is 0 Å². The van der Waals surface area contributed by atoms with E-state index in [1.54, 1.807) is 0 Å². The van der Waals surface area contributed by atoms with Crippen molar-refractivity contribution in [1.82, 2.24) is 15.5 Å². The number of nitrogens with one attached hydrogen (secondary N) is 2. The summed E-state index contributed by atoms with van der Waals surface area (Å²) in [6.45, 7) is 7.80. The average molecular weight is 281 g/mol. The fourth-order valence-electron chi connectivity index (χ4n) is 3.32. The Hall–Kier alpha value is -0.610. The molecule has 4 heteroatoms. The number of rotatable bonds is 7. The number of hydrogen-bond donors (Lipinski definition) is 2. The van der Waals surface area contributed by atoms with E-state index in [-0.39, 0.29) is 5.91 Å². The molecule has 0 aromatic heterocycles. The third-order valence-corrected chi connectivity index (χ3v) is 4.55. The number of hydrogen-bond acceptors (Lipinski definition) is 3. The highest BCUT2D eigenvalue weighted by Crippen LogP contribution is 2.12. The summed E-state index contributed by atoms with van der Waals surface area (Å²) in [5, 5.41) is 6.60. The lowest BCUT2D eigenvalue weighted by atomic mass is 10.0. The molecule has 0 aromatic carbocycles. The van der Waals surface area contributed by atoms with E-state index >= 15 is 0 Å². The predicted octanol–water partition coefficient (Wildman–Crippen LogP) is 1.76. The topological polar surface area (TPSA) is 44.4 Å². The van der Waals surface area contributed by atoms with Crippen LogP contribution in [-0.2, 0) is 4.79 Å². The highest BCUT2D eigenvalue weighted by atomic mass is 16.1. The smallest absolute Gasteiger partial charge is 0.220 e. The van der Waals surface area contributed by atoms with Gasteiger partial charge in [-0.05, 0) is 57.7 Å². The maximum absolute atomic E-state index is 11.9. The summed E-state index contributed by atoms with van der Waals surface area (Å²) in [7, 11) is 0. The van der Waals surface area contributed by atoms with Gasteiger partial charge in [0.1, 0.15) is 0 Å². The molecule has 2 fully saturated rings. The minimum atomic E-state index is 0.227. The Bertz CT molecular complexity index is 283. The first kappa shape index (κ1) is 15.8. The highest BCUT2D eigenvalue weighted by molar-refractivity contribution is 5.75. The van der Waals surface area contributed by atoms with Crippen molar-refractivity contribution < 1.29 is 4.79 Å². The van der Waals surface area contributed by atoms with Crippen LogP contribution in [0.25, 0.3) is 0 Å². The second kappa shape index (κ2) is 8.63. The van der Waals surface area contributed by atoms with Gasteiger partial charge in [0.25, 0.3) is 0 Å². The lowest BCUT2D eigenvalue weighted by Gasteiger charge is -2.23. The predicted molar refractivity (Wildman–Crippen MR) is 82.7 cm³/mol. The summed E-state index contributed by atoms with van der Waals surface area (Å²) < 4.78 is 0. The van der Waals surface area contributed by atoms with Crippen LogP contribution < -0.4 is 10.6 Å². The maximum Gasteiger partial charge on any atom is 0.220 e. The molecule has 0 spiro atoms. The zero-order valence-electron chi connectivity index (χ0n) is 13.0. The number of piperidine rings is 1. The van der Waals surface area contributed by atoms with Crippen LogP contribution in [-0.4, -0.2) is 49.6 Å². The minimum absolute atomic E-state index is 0.227. The Labute approximate surface area is 123 Å². The summed E-state index contributed by atoms with van der Waals surface area (Å²) in [5.41, 5.74) is 0. The molecule has 2 aliphatic rings. The van der Waals surface area contributed by atoms with Gasteiger partial charge in [-0.3, -0.25) is 4.79 Å². The fourth-order valence-corrected chi connectivity index (χ4v) is 3.32. The highest BCUT2D eigenvalue weighted by Gasteiger charge is 2.16. The zero-order valence-corrected chi connectivity index (χ0v) is 13.0. The molecule has 2 unspecified atom stereocenters. The van der Waals surface area contributed by atoms with Crippen LogP contribution >= 0.6 is 0 Å². The molecular weight excluding hydrogens is 250 g/mol. The van der Waals surface area contributed by atoms with Crippen LogP contribution in [0.3, 0.4) is 0 Å². The van der Waals surface area contributed by atoms with Crippen molar-refractivity contribution in [3.05, 3.63) is 0 Å². The lowest BCUT2D eigenvalue weighted by Crippen LogP contribution is -2.37. The van der Waals surface area contributed by atoms with Crippen LogP contribution in [0.15, 0.2) is 0 Å². The lowest BCUT2D eigenvalue weighted by molar-refractivity contribution is -0.121. The summed E-state index contributed by atoms with van der Waals surface area (Å²) in [6.07, 6.45) is 8.18. The van der Waals surface area contributed by atoms with Gasteiger partial charge in [0.05, 0.1) is 0 Å². The Kier molecular flexibility index (Phi) is 6.80. The van der Waals surface area contributed by atoms with E-state index in [4.69, 9.17) is 0 Å². The van der Waals surface area contributed by atoms with Crippen LogP contribution in [0, 0.1) is 5.92 Å². The summed E-state index contributed by atoms with van der Waals surface area (Å²) in [4.78, 5) is 14.4. The zero-order chi connectivity index (χ0) is 14.2. The normalized spacial score (nSPS) is 25.6. The molecule has 116 valence electrons. The Morgan fingerprint density at radius 3 is 2.80 bits per heavy atom. The average Bonchev–Trinajstić information content (AvgIpc) is 2.97. The van der Waals surface area contributed by atoms with Crippen molar-refractivity contribution in [3.63, 3.8) is 0 Å². The molecule has 20 heavy (non-hydrogen) atoms. The van der Waals surface area contributed by atoms with E-state index < -0.39 is 0 Å². The van der Waals surface area contributed by atoms with Gasteiger partial charge >= 0.3 is 0 Å². The Balaban J connectivity index is 1.52. The van der Waals surface area contributed by atoms with E-state index in [1.165, 1.54) is 45.2 Å². The SMILES string of the molecule is CC(CNC(=O)CCC1CCCCN1)CN1CCCC1. The molecule has 2 aliphatic heterocycles. The molecule has 2 rings (SSSR count). The fraction of sp³-hybridized carbons (Fsp3) is 0.938. The first-order valence-electron chi connectivity index (χ1n) is 8.46. The largest absolute Gasteiger partial charge is 0.356 e. The van der Waals surface area contributed by atoms with Crippen molar-refractivity contribution in [2.45, 2.75) is 57.9 Å². The van der Waals surface area contributed by atoms with Gasteiger partial charge in [-0.15, -0.1) is 0 Å². The van der Waals surface area contributed by atoms with Crippen molar-refractivity contribution in [2.75, 3.05) is 32.7 Å². The van der Waals surface area contributed by atoms with E-state index in [2.05, 4.69) is 22.5 Å². The van der Waals surface area contributed by atoms with Gasteiger partial charge in [0.2, 0.25) is 5.91 Å². The van der Waals surface area contributed by atoms with Crippen molar-refractivity contribution in [2.24, 2.45) is 5.92 Å². The first-order chi connectivity index (χ1) is 9.74. The van der Waals surface area contributed by atoms with Gasteiger partial charge in [0.15, 0.2) is 0 Å². The second-order valence-corrected chi connectivity index (χ2v) is 6.60. The molecule has 2 atom stereocenters. The van der Waals surface area contributed by atoms with Crippen molar-refractivity contribution in [1.29, 1.82) is 0 Å². The number of carbonyl (C=O) groups is 1. The molecule has 4 nitrogen and oxygen atoms in total. The van der Waals surface area contributed by atoms with E-state index in [0.29, 0.717) is 18.4 Å². The van der Waals surface area contributed by atoms with Gasteiger partial charge in [0, 0.05) is 25.6 Å². The quantitative estimate of drug-likeness (QED) is 0.747. The van der Waals surface area contributed by atoms with Gasteiger partial charge in [-0.2, -0.15) is 0 Å². The molecule has 0 saturated carbocycles.